The molecule has 1 aromatic heterocycles. The van der Waals surface area contributed by atoms with Crippen LogP contribution in [0.1, 0.15) is 79.9 Å². The highest BCUT2D eigenvalue weighted by Gasteiger charge is 2.40. The van der Waals surface area contributed by atoms with Crippen LogP contribution in [-0.4, -0.2) is 28.9 Å². The molecule has 5 rings (SSSR count). The van der Waals surface area contributed by atoms with E-state index in [2.05, 4.69) is 0 Å². The molecule has 0 unspecified atom stereocenters. The molecule has 1 fully saturated rings. The second-order valence-corrected chi connectivity index (χ2v) is 10.2. The Hall–Kier alpha value is -2.83. The highest BCUT2D eigenvalue weighted by molar-refractivity contribution is 5.88. The van der Waals surface area contributed by atoms with Crippen LogP contribution in [0.4, 0.5) is 4.39 Å². The first-order chi connectivity index (χ1) is 15.2. The number of benzene rings is 1. The lowest BCUT2D eigenvalue weighted by Gasteiger charge is -2.40. The summed E-state index contributed by atoms with van der Waals surface area (Å²) in [6.45, 7) is 6.97. The minimum absolute atomic E-state index is 0.150. The molecule has 0 bridgehead atoms. The Morgan fingerprint density at radius 2 is 1.81 bits per heavy atom. The number of halogens is 1. The molecule has 3 aliphatic rings. The number of rotatable bonds is 2. The van der Waals surface area contributed by atoms with Crippen molar-refractivity contribution in [2.45, 2.75) is 64.8 Å². The second kappa shape index (κ2) is 7.36. The summed E-state index contributed by atoms with van der Waals surface area (Å²) in [7, 11) is 0. The zero-order valence-electron chi connectivity index (χ0n) is 18.7. The fourth-order valence-electron chi connectivity index (χ4n) is 5.51. The Morgan fingerprint density at radius 1 is 1.16 bits per heavy atom. The first kappa shape index (κ1) is 21.0. The lowest BCUT2D eigenvalue weighted by molar-refractivity contribution is 0.0692. The first-order valence-electron chi connectivity index (χ1n) is 11.3. The Morgan fingerprint density at radius 3 is 2.44 bits per heavy atom. The predicted octanol–water partition coefficient (Wildman–Crippen LogP) is 4.92. The zero-order chi connectivity index (χ0) is 22.8. The number of pyridine rings is 1. The average molecular weight is 441 g/mol. The summed E-state index contributed by atoms with van der Waals surface area (Å²) >= 11 is 0. The van der Waals surface area contributed by atoms with Gasteiger partial charge in [-0.3, -0.25) is 4.79 Å². The molecular weight excluding hydrogens is 413 g/mol. The number of hydrogen-bond donors (Lipinski definition) is 1. The summed E-state index contributed by atoms with van der Waals surface area (Å²) in [5, 5.41) is 9.51. The van der Waals surface area contributed by atoms with Gasteiger partial charge in [0, 0.05) is 28.9 Å². The van der Waals surface area contributed by atoms with E-state index in [0.29, 0.717) is 36.9 Å². The molecule has 1 N–H and O–H groups in total. The van der Waals surface area contributed by atoms with E-state index in [-0.39, 0.29) is 17.2 Å². The topological polar surface area (TPSA) is 77.8 Å². The zero-order valence-corrected chi connectivity index (χ0v) is 18.7. The van der Waals surface area contributed by atoms with Gasteiger partial charge in [-0.2, -0.15) is 0 Å². The Labute approximate surface area is 186 Å². The van der Waals surface area contributed by atoms with Gasteiger partial charge in [-0.15, -0.1) is 0 Å². The average Bonchev–Trinajstić information content (AvgIpc) is 3.28. The van der Waals surface area contributed by atoms with E-state index in [9.17, 15) is 14.7 Å². The van der Waals surface area contributed by atoms with Crippen LogP contribution in [0.5, 0.6) is 11.5 Å². The van der Waals surface area contributed by atoms with Gasteiger partial charge < -0.3 is 19.1 Å². The highest BCUT2D eigenvalue weighted by Crippen LogP contribution is 2.53. The third-order valence-corrected chi connectivity index (χ3v) is 7.14. The maximum Gasteiger partial charge on any atom is 0.341 e. The molecular formula is C25H28FNO5. The van der Waals surface area contributed by atoms with Crippen molar-refractivity contribution >= 4 is 5.97 Å². The predicted molar refractivity (Wildman–Crippen MR) is 117 cm³/mol. The van der Waals surface area contributed by atoms with Gasteiger partial charge in [-0.05, 0) is 36.7 Å². The number of aromatic nitrogens is 1. The molecule has 2 aliphatic heterocycles. The molecule has 0 radical (unpaired) electrons. The number of aromatic carboxylic acids is 1. The Bertz CT molecular complexity index is 1170. The van der Waals surface area contributed by atoms with Gasteiger partial charge in [0.2, 0.25) is 5.43 Å². The van der Waals surface area contributed by atoms with E-state index in [1.165, 1.54) is 6.20 Å². The van der Waals surface area contributed by atoms with Gasteiger partial charge in [0.1, 0.15) is 18.8 Å². The maximum atomic E-state index is 15.6. The lowest BCUT2D eigenvalue weighted by atomic mass is 9.77. The van der Waals surface area contributed by atoms with Crippen molar-refractivity contribution in [2.24, 2.45) is 5.41 Å². The third-order valence-electron chi connectivity index (χ3n) is 7.14. The fraction of sp³-hybridized carbons (Fsp3) is 0.520. The van der Waals surface area contributed by atoms with E-state index in [1.54, 1.807) is 4.57 Å². The van der Waals surface area contributed by atoms with Crippen molar-refractivity contribution in [3.05, 3.63) is 45.0 Å². The molecule has 6 nitrogen and oxygen atoms in total. The number of nitrogens with zero attached hydrogens (tertiary/aromatic N) is 1. The van der Waals surface area contributed by atoms with Gasteiger partial charge in [0.25, 0.3) is 0 Å². The quantitative estimate of drug-likeness (QED) is 0.715. The summed E-state index contributed by atoms with van der Waals surface area (Å²) in [6, 6.07) is 1.71. The monoisotopic (exact) mass is 441 g/mol. The van der Waals surface area contributed by atoms with Crippen LogP contribution in [-0.2, 0) is 6.42 Å². The SMILES string of the molecule is CC(C)(C)[C@@H]1Cc2c(cc(C3CCCC3)c3c2OCCO3)-c2c(F)c(=O)c(C(=O)O)cn21. The molecule has 32 heavy (non-hydrogen) atoms. The van der Waals surface area contributed by atoms with Gasteiger partial charge in [0.15, 0.2) is 17.3 Å². The van der Waals surface area contributed by atoms with Crippen molar-refractivity contribution in [3.63, 3.8) is 0 Å². The number of carboxylic acid groups (broad SMARTS) is 1. The van der Waals surface area contributed by atoms with E-state index in [0.717, 1.165) is 42.6 Å². The second-order valence-electron chi connectivity index (χ2n) is 10.2. The standard InChI is InChI=1S/C25H28FNO5/c1-25(2,3)18-11-16-15(20-19(26)21(28)17(24(29)30)12-27(18)20)10-14(13-6-4-5-7-13)22-23(16)32-9-8-31-22/h10,12-13,18H,4-9,11H2,1-3H3,(H,29,30)/t18-/m0/s1. The normalized spacial score (nSPS) is 20.1. The van der Waals surface area contributed by atoms with Gasteiger partial charge in [-0.25, -0.2) is 9.18 Å². The van der Waals surface area contributed by atoms with Crippen molar-refractivity contribution in [3.8, 4) is 22.8 Å². The van der Waals surface area contributed by atoms with Gasteiger partial charge in [0.05, 0.1) is 5.69 Å². The molecule has 170 valence electrons. The molecule has 1 aromatic carbocycles. The molecule has 0 amide bonds. The summed E-state index contributed by atoms with van der Waals surface area (Å²) in [5.41, 5.74) is 0.657. The highest BCUT2D eigenvalue weighted by atomic mass is 19.1. The molecule has 2 aromatic rings. The Balaban J connectivity index is 1.84. The maximum absolute atomic E-state index is 15.6. The lowest BCUT2D eigenvalue weighted by Crippen LogP contribution is -2.35. The molecule has 0 spiro atoms. The molecule has 1 atom stereocenters. The largest absolute Gasteiger partial charge is 0.486 e. The number of carbonyl (C=O) groups is 1. The van der Waals surface area contributed by atoms with Crippen molar-refractivity contribution < 1.29 is 23.8 Å². The van der Waals surface area contributed by atoms with Crippen molar-refractivity contribution in [1.82, 2.24) is 4.57 Å². The number of hydrogen-bond acceptors (Lipinski definition) is 4. The molecule has 1 saturated carbocycles. The van der Waals surface area contributed by atoms with E-state index >= 15 is 4.39 Å². The third kappa shape index (κ3) is 3.12. The summed E-state index contributed by atoms with van der Waals surface area (Å²) in [5.74, 6) is -0.721. The van der Waals surface area contributed by atoms with Crippen LogP contribution in [0.3, 0.4) is 0 Å². The summed E-state index contributed by atoms with van der Waals surface area (Å²) < 4.78 is 29.5. The number of ether oxygens (including phenoxy) is 2. The van der Waals surface area contributed by atoms with E-state index < -0.39 is 22.8 Å². The van der Waals surface area contributed by atoms with Crippen LogP contribution in [0.15, 0.2) is 17.1 Å². The Kier molecular flexibility index (Phi) is 4.84. The fourth-order valence-corrected chi connectivity index (χ4v) is 5.51. The minimum atomic E-state index is -1.42. The van der Waals surface area contributed by atoms with Crippen molar-refractivity contribution in [2.75, 3.05) is 13.2 Å². The van der Waals surface area contributed by atoms with Crippen molar-refractivity contribution in [1.29, 1.82) is 0 Å². The van der Waals surface area contributed by atoms with Crippen LogP contribution in [0, 0.1) is 11.2 Å². The smallest absolute Gasteiger partial charge is 0.341 e. The molecule has 7 heteroatoms. The molecule has 3 heterocycles. The summed E-state index contributed by atoms with van der Waals surface area (Å²) in [4.78, 5) is 24.3. The van der Waals surface area contributed by atoms with E-state index in [4.69, 9.17) is 9.47 Å². The van der Waals surface area contributed by atoms with Gasteiger partial charge in [-0.1, -0.05) is 33.6 Å². The van der Waals surface area contributed by atoms with Crippen LogP contribution in [0.25, 0.3) is 11.3 Å². The number of fused-ring (bicyclic) bond motifs is 5. The van der Waals surface area contributed by atoms with Crippen LogP contribution < -0.4 is 14.9 Å². The first-order valence-corrected chi connectivity index (χ1v) is 11.3. The molecule has 1 aliphatic carbocycles. The van der Waals surface area contributed by atoms with Crippen LogP contribution in [0.2, 0.25) is 0 Å². The van der Waals surface area contributed by atoms with E-state index in [1.807, 2.05) is 26.8 Å². The van der Waals surface area contributed by atoms with Crippen LogP contribution >= 0.6 is 0 Å². The molecule has 0 saturated heterocycles. The minimum Gasteiger partial charge on any atom is -0.486 e. The summed E-state index contributed by atoms with van der Waals surface area (Å²) in [6.07, 6.45) is 6.18. The number of carboxylic acids is 1. The van der Waals surface area contributed by atoms with Gasteiger partial charge >= 0.3 is 5.97 Å².